The van der Waals surface area contributed by atoms with Gasteiger partial charge in [-0.15, -0.1) is 0 Å². The first-order chi connectivity index (χ1) is 10.2. The van der Waals surface area contributed by atoms with Gasteiger partial charge in [0, 0.05) is 19.5 Å². The molecule has 0 unspecified atom stereocenters. The van der Waals surface area contributed by atoms with Gasteiger partial charge in [0.1, 0.15) is 0 Å². The van der Waals surface area contributed by atoms with E-state index < -0.39 is 0 Å². The Morgan fingerprint density at radius 2 is 2.14 bits per heavy atom. The molecule has 1 aromatic rings. The van der Waals surface area contributed by atoms with Gasteiger partial charge in [-0.05, 0) is 24.7 Å². The molecule has 1 saturated heterocycles. The highest BCUT2D eigenvalue weighted by atomic mass is 32.2. The van der Waals surface area contributed by atoms with E-state index in [2.05, 4.69) is 17.4 Å². The fourth-order valence-corrected chi connectivity index (χ4v) is 2.95. The number of aryl methyl sites for hydroxylation is 1. The van der Waals surface area contributed by atoms with E-state index in [0.717, 1.165) is 19.4 Å². The lowest BCUT2D eigenvalue weighted by molar-refractivity contribution is -0.127. The van der Waals surface area contributed by atoms with Crippen molar-refractivity contribution in [2.75, 3.05) is 25.1 Å². The summed E-state index contributed by atoms with van der Waals surface area (Å²) in [7, 11) is 0. The van der Waals surface area contributed by atoms with E-state index in [1.54, 1.807) is 0 Å². The van der Waals surface area contributed by atoms with Crippen molar-refractivity contribution in [3.8, 4) is 0 Å². The third kappa shape index (κ3) is 5.08. The molecule has 114 valence electrons. The zero-order valence-electron chi connectivity index (χ0n) is 12.4. The van der Waals surface area contributed by atoms with Crippen molar-refractivity contribution in [3.05, 3.63) is 35.9 Å². The lowest BCUT2D eigenvalue weighted by atomic mass is 10.1. The summed E-state index contributed by atoms with van der Waals surface area (Å²) in [5, 5.41) is 2.93. The molecular formula is C16H22N2O2S. The van der Waals surface area contributed by atoms with Crippen molar-refractivity contribution in [2.45, 2.75) is 25.3 Å². The SMILES string of the molecule is CSCC(=O)N[C@@H]1CC(=O)N(CCCc2ccccc2)C1. The quantitative estimate of drug-likeness (QED) is 0.834. The molecule has 0 saturated carbocycles. The molecule has 0 bridgehead atoms. The van der Waals surface area contributed by atoms with Crippen LogP contribution in [0.15, 0.2) is 30.3 Å². The van der Waals surface area contributed by atoms with Crippen molar-refractivity contribution in [2.24, 2.45) is 0 Å². The van der Waals surface area contributed by atoms with Crippen molar-refractivity contribution >= 4 is 23.6 Å². The maximum absolute atomic E-state index is 11.9. The third-order valence-corrected chi connectivity index (χ3v) is 4.14. The Morgan fingerprint density at radius 3 is 2.86 bits per heavy atom. The van der Waals surface area contributed by atoms with Gasteiger partial charge in [0.15, 0.2) is 0 Å². The average molecular weight is 306 g/mol. The van der Waals surface area contributed by atoms with Gasteiger partial charge in [-0.1, -0.05) is 30.3 Å². The highest BCUT2D eigenvalue weighted by Gasteiger charge is 2.29. The van der Waals surface area contributed by atoms with E-state index in [0.29, 0.717) is 18.7 Å². The maximum Gasteiger partial charge on any atom is 0.230 e. The lowest BCUT2D eigenvalue weighted by Gasteiger charge is -2.17. The lowest BCUT2D eigenvalue weighted by Crippen LogP contribution is -2.38. The van der Waals surface area contributed by atoms with E-state index in [1.165, 1.54) is 17.3 Å². The minimum absolute atomic E-state index is 0.0196. The first-order valence-electron chi connectivity index (χ1n) is 7.29. The van der Waals surface area contributed by atoms with Crippen LogP contribution in [-0.4, -0.2) is 47.9 Å². The Kier molecular flexibility index (Phi) is 6.11. The number of carbonyl (C=O) groups is 2. The monoisotopic (exact) mass is 306 g/mol. The summed E-state index contributed by atoms with van der Waals surface area (Å²) in [6.07, 6.45) is 4.27. The molecule has 2 rings (SSSR count). The molecule has 1 fully saturated rings. The van der Waals surface area contributed by atoms with Crippen molar-refractivity contribution < 1.29 is 9.59 Å². The number of rotatable bonds is 7. The number of nitrogens with one attached hydrogen (secondary N) is 1. The number of likely N-dealkylation sites (tertiary alicyclic amines) is 1. The van der Waals surface area contributed by atoms with Gasteiger partial charge in [-0.3, -0.25) is 9.59 Å². The molecule has 21 heavy (non-hydrogen) atoms. The van der Waals surface area contributed by atoms with Gasteiger partial charge in [0.2, 0.25) is 11.8 Å². The van der Waals surface area contributed by atoms with E-state index in [1.807, 2.05) is 29.4 Å². The summed E-state index contributed by atoms with van der Waals surface area (Å²) < 4.78 is 0. The second-order valence-electron chi connectivity index (χ2n) is 5.33. The van der Waals surface area contributed by atoms with Crippen LogP contribution in [0, 0.1) is 0 Å². The highest BCUT2D eigenvalue weighted by Crippen LogP contribution is 2.13. The molecule has 0 aromatic heterocycles. The summed E-state index contributed by atoms with van der Waals surface area (Å²) >= 11 is 1.50. The fourth-order valence-electron chi connectivity index (χ4n) is 2.60. The number of nitrogens with zero attached hydrogens (tertiary/aromatic N) is 1. The molecule has 1 heterocycles. The smallest absolute Gasteiger partial charge is 0.230 e. The molecular weight excluding hydrogens is 284 g/mol. The second kappa shape index (κ2) is 8.08. The van der Waals surface area contributed by atoms with Gasteiger partial charge in [0.25, 0.3) is 0 Å². The summed E-state index contributed by atoms with van der Waals surface area (Å²) in [6.45, 7) is 1.41. The van der Waals surface area contributed by atoms with Crippen LogP contribution in [0.1, 0.15) is 18.4 Å². The molecule has 0 aliphatic carbocycles. The fraction of sp³-hybridized carbons (Fsp3) is 0.500. The number of benzene rings is 1. The van der Waals surface area contributed by atoms with E-state index >= 15 is 0 Å². The summed E-state index contributed by atoms with van der Waals surface area (Å²) in [5.41, 5.74) is 1.30. The Bertz CT molecular complexity index is 478. The standard InChI is InChI=1S/C16H22N2O2S/c1-21-12-15(19)17-14-10-16(20)18(11-14)9-5-8-13-6-3-2-4-7-13/h2-4,6-7,14H,5,8-12H2,1H3,(H,17,19)/t14-/m1/s1. The minimum Gasteiger partial charge on any atom is -0.350 e. The van der Waals surface area contributed by atoms with Gasteiger partial charge < -0.3 is 10.2 Å². The Morgan fingerprint density at radius 1 is 1.38 bits per heavy atom. The zero-order chi connectivity index (χ0) is 15.1. The van der Waals surface area contributed by atoms with Crippen molar-refractivity contribution in [1.82, 2.24) is 10.2 Å². The summed E-state index contributed by atoms with van der Waals surface area (Å²) in [4.78, 5) is 25.4. The van der Waals surface area contributed by atoms with Crippen molar-refractivity contribution in [3.63, 3.8) is 0 Å². The second-order valence-corrected chi connectivity index (χ2v) is 6.20. The maximum atomic E-state index is 11.9. The topological polar surface area (TPSA) is 49.4 Å². The molecule has 1 aliphatic rings. The number of hydrogen-bond acceptors (Lipinski definition) is 3. The minimum atomic E-state index is -0.0196. The van der Waals surface area contributed by atoms with Crippen LogP contribution >= 0.6 is 11.8 Å². The molecule has 2 amide bonds. The predicted octanol–water partition coefficient (Wildman–Crippen LogP) is 1.70. The molecule has 1 aliphatic heterocycles. The zero-order valence-corrected chi connectivity index (χ0v) is 13.2. The number of carbonyl (C=O) groups excluding carboxylic acids is 2. The van der Waals surface area contributed by atoms with Crippen LogP contribution in [0.3, 0.4) is 0 Å². The first kappa shape index (κ1) is 15.9. The van der Waals surface area contributed by atoms with Gasteiger partial charge in [-0.25, -0.2) is 0 Å². The van der Waals surface area contributed by atoms with E-state index in [4.69, 9.17) is 0 Å². The molecule has 4 nitrogen and oxygen atoms in total. The number of hydrogen-bond donors (Lipinski definition) is 1. The predicted molar refractivity (Wildman–Crippen MR) is 86.3 cm³/mol. The van der Waals surface area contributed by atoms with Crippen LogP contribution < -0.4 is 5.32 Å². The van der Waals surface area contributed by atoms with Crippen LogP contribution in [0.4, 0.5) is 0 Å². The Hall–Kier alpha value is -1.49. The summed E-state index contributed by atoms with van der Waals surface area (Å²) in [6, 6.07) is 10.3. The van der Waals surface area contributed by atoms with Crippen LogP contribution in [0.2, 0.25) is 0 Å². The highest BCUT2D eigenvalue weighted by molar-refractivity contribution is 7.99. The Balaban J connectivity index is 1.72. The van der Waals surface area contributed by atoms with Crippen LogP contribution in [-0.2, 0) is 16.0 Å². The normalized spacial score (nSPS) is 18.0. The molecule has 1 aromatic carbocycles. The van der Waals surface area contributed by atoms with E-state index in [-0.39, 0.29) is 17.9 Å². The Labute approximate surface area is 130 Å². The first-order valence-corrected chi connectivity index (χ1v) is 8.68. The molecule has 0 radical (unpaired) electrons. The molecule has 0 spiro atoms. The molecule has 5 heteroatoms. The largest absolute Gasteiger partial charge is 0.350 e. The summed E-state index contributed by atoms with van der Waals surface area (Å²) in [5.74, 6) is 0.627. The average Bonchev–Trinajstić information content (AvgIpc) is 2.80. The van der Waals surface area contributed by atoms with Gasteiger partial charge >= 0.3 is 0 Å². The van der Waals surface area contributed by atoms with Crippen molar-refractivity contribution in [1.29, 1.82) is 0 Å². The third-order valence-electron chi connectivity index (χ3n) is 3.59. The molecule has 1 N–H and O–H groups in total. The van der Waals surface area contributed by atoms with Crippen LogP contribution in [0.5, 0.6) is 0 Å². The number of amides is 2. The van der Waals surface area contributed by atoms with Gasteiger partial charge in [0.05, 0.1) is 11.8 Å². The van der Waals surface area contributed by atoms with Crippen LogP contribution in [0.25, 0.3) is 0 Å². The number of thioether (sulfide) groups is 1. The van der Waals surface area contributed by atoms with E-state index in [9.17, 15) is 9.59 Å². The molecule has 1 atom stereocenters. The van der Waals surface area contributed by atoms with Gasteiger partial charge in [-0.2, -0.15) is 11.8 Å².